The number of fused-ring (bicyclic) bond motifs is 1. The molecule has 0 spiro atoms. The molecule has 43 heavy (non-hydrogen) atoms. The number of sulfonamides is 1. The molecular formula is C30H24N6O4S3. The Bertz CT molecular complexity index is 2140. The maximum atomic E-state index is 13.3. The van der Waals surface area contributed by atoms with Crippen LogP contribution >= 0.6 is 22.7 Å². The number of rotatable bonds is 7. The van der Waals surface area contributed by atoms with Gasteiger partial charge in [0.1, 0.15) is 0 Å². The molecule has 216 valence electrons. The molecule has 0 saturated carbocycles. The lowest BCUT2D eigenvalue weighted by atomic mass is 10.1. The van der Waals surface area contributed by atoms with Gasteiger partial charge in [0.15, 0.2) is 5.82 Å². The van der Waals surface area contributed by atoms with Gasteiger partial charge in [0, 0.05) is 35.3 Å². The van der Waals surface area contributed by atoms with E-state index in [2.05, 4.69) is 10.1 Å². The van der Waals surface area contributed by atoms with Crippen molar-refractivity contribution in [2.24, 2.45) is 0 Å². The van der Waals surface area contributed by atoms with Crippen molar-refractivity contribution >= 4 is 55.9 Å². The lowest BCUT2D eigenvalue weighted by molar-refractivity contribution is 0.0730. The average molecular weight is 629 g/mol. The third-order valence-corrected chi connectivity index (χ3v) is 10.6. The van der Waals surface area contributed by atoms with E-state index < -0.39 is 10.0 Å². The lowest BCUT2D eigenvalue weighted by Gasteiger charge is -2.26. The fraction of sp³-hybridized carbons (Fsp3) is 0.133. The highest BCUT2D eigenvalue weighted by Crippen LogP contribution is 2.27. The maximum Gasteiger partial charge on any atom is 0.291 e. The van der Waals surface area contributed by atoms with Gasteiger partial charge in [0.25, 0.3) is 5.56 Å². The Balaban J connectivity index is 1.27. The van der Waals surface area contributed by atoms with Crippen molar-refractivity contribution in [2.45, 2.75) is 4.90 Å². The summed E-state index contributed by atoms with van der Waals surface area (Å²) in [6.45, 7) is 1.41. The van der Waals surface area contributed by atoms with Gasteiger partial charge in [0.05, 0.1) is 34.0 Å². The number of thiophene rings is 1. The zero-order valence-corrected chi connectivity index (χ0v) is 25.1. The van der Waals surface area contributed by atoms with Crippen LogP contribution in [0.5, 0.6) is 0 Å². The third kappa shape index (κ3) is 5.48. The molecule has 2 aromatic carbocycles. The van der Waals surface area contributed by atoms with E-state index in [1.54, 1.807) is 52.4 Å². The summed E-state index contributed by atoms with van der Waals surface area (Å²) in [6, 6.07) is 20.3. The largest absolute Gasteiger partial charge is 0.379 e. The second kappa shape index (κ2) is 11.4. The molecule has 0 radical (unpaired) electrons. The summed E-state index contributed by atoms with van der Waals surface area (Å²) in [5, 5.41) is 11.2. The standard InChI is InChI=1S/C30H24N6O4S3/c37-29-26(42-30-31-27(32-36(29)30)13-10-24-7-4-18-41-24)19-22-20-35(23-5-2-1-3-6-23)33-28(22)21-8-11-25(12-9-21)43(38,39)34-14-16-40-17-15-34/h1-13,18-20H,14-17H2/b13-10+,26-19-. The van der Waals surface area contributed by atoms with Gasteiger partial charge < -0.3 is 4.74 Å². The molecule has 6 aromatic rings. The van der Waals surface area contributed by atoms with E-state index in [1.165, 1.54) is 20.2 Å². The average Bonchev–Trinajstić information content (AvgIpc) is 3.84. The number of aromatic nitrogens is 5. The summed E-state index contributed by atoms with van der Waals surface area (Å²) in [4.78, 5) is 19.6. The monoisotopic (exact) mass is 628 g/mol. The van der Waals surface area contributed by atoms with Crippen molar-refractivity contribution in [3.8, 4) is 16.9 Å². The van der Waals surface area contributed by atoms with E-state index in [0.29, 0.717) is 52.9 Å². The van der Waals surface area contributed by atoms with Gasteiger partial charge in [0.2, 0.25) is 15.0 Å². The summed E-state index contributed by atoms with van der Waals surface area (Å²) in [5.74, 6) is 0.466. The van der Waals surface area contributed by atoms with Gasteiger partial charge in [-0.1, -0.05) is 47.7 Å². The van der Waals surface area contributed by atoms with Crippen LogP contribution in [0.1, 0.15) is 16.3 Å². The number of nitrogens with zero attached hydrogens (tertiary/aromatic N) is 6. The summed E-state index contributed by atoms with van der Waals surface area (Å²) >= 11 is 2.86. The lowest BCUT2D eigenvalue weighted by Crippen LogP contribution is -2.40. The molecule has 10 nitrogen and oxygen atoms in total. The molecule has 0 aliphatic carbocycles. The first-order chi connectivity index (χ1) is 21.0. The molecule has 13 heteroatoms. The van der Waals surface area contributed by atoms with Gasteiger partial charge >= 0.3 is 0 Å². The maximum absolute atomic E-state index is 13.3. The fourth-order valence-corrected chi connectivity index (χ4v) is 7.69. The van der Waals surface area contributed by atoms with Crippen LogP contribution in [0.25, 0.3) is 40.1 Å². The minimum absolute atomic E-state index is 0.211. The Morgan fingerprint density at radius 2 is 1.70 bits per heavy atom. The van der Waals surface area contributed by atoms with Gasteiger partial charge in [-0.3, -0.25) is 4.79 Å². The predicted octanol–water partition coefficient (Wildman–Crippen LogP) is 3.80. The molecule has 0 amide bonds. The normalized spacial score (nSPS) is 15.2. The Morgan fingerprint density at radius 1 is 0.907 bits per heavy atom. The summed E-state index contributed by atoms with van der Waals surface area (Å²) < 4.78 is 36.6. The third-order valence-electron chi connectivity index (χ3n) is 6.92. The Hall–Kier alpha value is -4.27. The van der Waals surface area contributed by atoms with Crippen molar-refractivity contribution in [2.75, 3.05) is 26.3 Å². The highest BCUT2D eigenvalue weighted by Gasteiger charge is 2.26. The van der Waals surface area contributed by atoms with Crippen LogP contribution in [-0.2, 0) is 14.8 Å². The number of ether oxygens (including phenoxy) is 1. The van der Waals surface area contributed by atoms with Crippen LogP contribution < -0.4 is 10.1 Å². The van der Waals surface area contributed by atoms with Crippen LogP contribution in [0.4, 0.5) is 0 Å². The van der Waals surface area contributed by atoms with Crippen LogP contribution in [0, 0.1) is 0 Å². The van der Waals surface area contributed by atoms with E-state index in [-0.39, 0.29) is 10.5 Å². The van der Waals surface area contributed by atoms with E-state index in [0.717, 1.165) is 16.1 Å². The van der Waals surface area contributed by atoms with E-state index >= 15 is 0 Å². The molecule has 0 N–H and O–H groups in total. The molecule has 1 saturated heterocycles. The molecular weight excluding hydrogens is 605 g/mol. The summed E-state index contributed by atoms with van der Waals surface area (Å²) in [5.41, 5.74) is 2.61. The minimum Gasteiger partial charge on any atom is -0.379 e. The second-order valence-electron chi connectivity index (χ2n) is 9.68. The van der Waals surface area contributed by atoms with Crippen LogP contribution in [-0.4, -0.2) is 63.4 Å². The number of benzene rings is 2. The number of hydrogen-bond acceptors (Lipinski definition) is 9. The highest BCUT2D eigenvalue weighted by atomic mass is 32.2. The zero-order chi connectivity index (χ0) is 29.4. The van der Waals surface area contributed by atoms with Crippen LogP contribution in [0.3, 0.4) is 0 Å². The van der Waals surface area contributed by atoms with Gasteiger partial charge in [-0.2, -0.15) is 18.9 Å². The van der Waals surface area contributed by atoms with Crippen LogP contribution in [0.15, 0.2) is 88.0 Å². The zero-order valence-electron chi connectivity index (χ0n) is 22.6. The van der Waals surface area contributed by atoms with E-state index in [1.807, 2.05) is 60.1 Å². The van der Waals surface area contributed by atoms with Gasteiger partial charge in [-0.25, -0.2) is 13.1 Å². The molecule has 0 unspecified atom stereocenters. The van der Waals surface area contributed by atoms with Crippen molar-refractivity contribution < 1.29 is 13.2 Å². The first-order valence-corrected chi connectivity index (χ1v) is 16.6. The Labute approximate surface area is 254 Å². The molecule has 1 aliphatic rings. The molecule has 7 rings (SSSR count). The number of hydrogen-bond donors (Lipinski definition) is 0. The smallest absolute Gasteiger partial charge is 0.291 e. The van der Waals surface area contributed by atoms with Crippen molar-refractivity contribution in [1.29, 1.82) is 0 Å². The molecule has 1 aliphatic heterocycles. The molecule has 0 bridgehead atoms. The number of thiazole rings is 1. The topological polar surface area (TPSA) is 112 Å². The first kappa shape index (κ1) is 27.6. The first-order valence-electron chi connectivity index (χ1n) is 13.4. The predicted molar refractivity (Wildman–Crippen MR) is 168 cm³/mol. The second-order valence-corrected chi connectivity index (χ2v) is 13.6. The number of morpholine rings is 1. The Kier molecular flexibility index (Phi) is 7.33. The molecule has 0 atom stereocenters. The van der Waals surface area contributed by atoms with Crippen LogP contribution in [0.2, 0.25) is 0 Å². The highest BCUT2D eigenvalue weighted by molar-refractivity contribution is 7.89. The number of para-hydroxylation sites is 1. The minimum atomic E-state index is -3.63. The van der Waals surface area contributed by atoms with E-state index in [9.17, 15) is 13.2 Å². The van der Waals surface area contributed by atoms with Gasteiger partial charge in [-0.15, -0.1) is 16.4 Å². The SMILES string of the molecule is O=c1/c(=C/c2cn(-c3ccccc3)nc2-c2ccc(S(=O)(=O)N3CCOCC3)cc2)sc2nc(/C=C/c3cccs3)nn12. The summed E-state index contributed by atoms with van der Waals surface area (Å²) in [7, 11) is -3.63. The molecule has 5 heterocycles. The van der Waals surface area contributed by atoms with Gasteiger partial charge in [-0.05, 0) is 53.9 Å². The fourth-order valence-electron chi connectivity index (χ4n) is 4.75. The quantitative estimate of drug-likeness (QED) is 0.264. The molecule has 4 aromatic heterocycles. The van der Waals surface area contributed by atoms with Crippen molar-refractivity contribution in [3.63, 3.8) is 0 Å². The van der Waals surface area contributed by atoms with Crippen molar-refractivity contribution in [1.82, 2.24) is 28.7 Å². The Morgan fingerprint density at radius 3 is 2.42 bits per heavy atom. The molecule has 1 fully saturated rings. The summed E-state index contributed by atoms with van der Waals surface area (Å²) in [6.07, 6.45) is 7.35. The van der Waals surface area contributed by atoms with Crippen molar-refractivity contribution in [3.05, 3.63) is 109 Å². The van der Waals surface area contributed by atoms with E-state index in [4.69, 9.17) is 9.84 Å².